The lowest BCUT2D eigenvalue weighted by molar-refractivity contribution is 0.248. The molecule has 2 amide bonds. The summed E-state index contributed by atoms with van der Waals surface area (Å²) in [7, 11) is 4.12. The van der Waals surface area contributed by atoms with E-state index >= 15 is 0 Å². The lowest BCUT2D eigenvalue weighted by atomic mass is 9.89. The van der Waals surface area contributed by atoms with Gasteiger partial charge in [-0.1, -0.05) is 6.07 Å². The van der Waals surface area contributed by atoms with Gasteiger partial charge in [0.1, 0.15) is 5.82 Å². The van der Waals surface area contributed by atoms with Gasteiger partial charge < -0.3 is 16.0 Å². The second kappa shape index (κ2) is 9.20. The number of hydrogen-bond donors (Lipinski definition) is 2. The van der Waals surface area contributed by atoms with Crippen molar-refractivity contribution in [3.8, 4) is 0 Å². The van der Waals surface area contributed by atoms with Gasteiger partial charge >= 0.3 is 6.03 Å². The first kappa shape index (κ1) is 22.0. The number of benzene rings is 1. The highest BCUT2D eigenvalue weighted by Crippen LogP contribution is 2.33. The Kier molecular flexibility index (Phi) is 6.13. The third-order valence-corrected chi connectivity index (χ3v) is 7.58. The lowest BCUT2D eigenvalue weighted by Gasteiger charge is -2.36. The Morgan fingerprint density at radius 1 is 0.970 bits per heavy atom. The zero-order valence-corrected chi connectivity index (χ0v) is 19.9. The molecule has 0 spiro atoms. The summed E-state index contributed by atoms with van der Waals surface area (Å²) in [6, 6.07) is 6.54. The fourth-order valence-electron chi connectivity index (χ4n) is 5.90. The van der Waals surface area contributed by atoms with Crippen molar-refractivity contribution in [3.05, 3.63) is 40.6 Å². The maximum Gasteiger partial charge on any atom is 0.319 e. The van der Waals surface area contributed by atoms with Crippen LogP contribution in [0.1, 0.15) is 67.3 Å². The number of anilines is 3. The average molecular weight is 449 g/mol. The third-order valence-electron chi connectivity index (χ3n) is 7.58. The molecule has 176 valence electrons. The van der Waals surface area contributed by atoms with Gasteiger partial charge in [-0.05, 0) is 93.9 Å². The molecule has 3 aliphatic carbocycles. The molecule has 0 radical (unpaired) electrons. The number of urea groups is 1. The SMILES string of the molecule is CN(C)c1nc(NC2CCC(N(C(N)=O)c3ccc4c(c3)CCC4)CC2)nc2c1CCCC2. The minimum absolute atomic E-state index is 0.141. The molecule has 7 heteroatoms. The summed E-state index contributed by atoms with van der Waals surface area (Å²) in [4.78, 5) is 26.1. The molecule has 1 aromatic carbocycles. The quantitative estimate of drug-likeness (QED) is 0.715. The van der Waals surface area contributed by atoms with Crippen molar-refractivity contribution in [1.82, 2.24) is 9.97 Å². The first-order valence-corrected chi connectivity index (χ1v) is 12.5. The monoisotopic (exact) mass is 448 g/mol. The lowest BCUT2D eigenvalue weighted by Crippen LogP contribution is -2.47. The molecule has 1 aromatic heterocycles. The minimum atomic E-state index is -0.349. The number of fused-ring (bicyclic) bond motifs is 2. The fourth-order valence-corrected chi connectivity index (χ4v) is 5.90. The maximum atomic E-state index is 12.4. The predicted molar refractivity (Wildman–Crippen MR) is 133 cm³/mol. The number of primary amides is 1. The van der Waals surface area contributed by atoms with E-state index in [4.69, 9.17) is 15.7 Å². The summed E-state index contributed by atoms with van der Waals surface area (Å²) in [6.07, 6.45) is 11.7. The molecule has 5 rings (SSSR count). The van der Waals surface area contributed by atoms with Gasteiger partial charge in [0.2, 0.25) is 5.95 Å². The van der Waals surface area contributed by atoms with E-state index in [9.17, 15) is 4.79 Å². The van der Waals surface area contributed by atoms with Gasteiger partial charge in [0.15, 0.2) is 0 Å². The topological polar surface area (TPSA) is 87.4 Å². The first-order valence-electron chi connectivity index (χ1n) is 12.5. The van der Waals surface area contributed by atoms with Crippen molar-refractivity contribution in [1.29, 1.82) is 0 Å². The molecule has 0 bridgehead atoms. The second-order valence-corrected chi connectivity index (χ2v) is 10.1. The first-order chi connectivity index (χ1) is 16.0. The number of amides is 2. The summed E-state index contributed by atoms with van der Waals surface area (Å²) in [6.45, 7) is 0. The van der Waals surface area contributed by atoms with Crippen molar-refractivity contribution in [2.45, 2.75) is 82.7 Å². The number of carbonyl (C=O) groups is 1. The molecular weight excluding hydrogens is 412 g/mol. The zero-order chi connectivity index (χ0) is 22.9. The highest BCUT2D eigenvalue weighted by molar-refractivity contribution is 5.91. The summed E-state index contributed by atoms with van der Waals surface area (Å²) in [5.74, 6) is 1.79. The van der Waals surface area contributed by atoms with Gasteiger partial charge in [0.25, 0.3) is 0 Å². The number of aromatic nitrogens is 2. The Morgan fingerprint density at radius 3 is 2.48 bits per heavy atom. The van der Waals surface area contributed by atoms with E-state index in [0.29, 0.717) is 6.04 Å². The molecule has 3 N–H and O–H groups in total. The molecule has 3 aliphatic rings. The average Bonchev–Trinajstić information content (AvgIpc) is 3.27. The molecule has 1 heterocycles. The van der Waals surface area contributed by atoms with Crippen molar-refractivity contribution in [2.24, 2.45) is 5.73 Å². The van der Waals surface area contributed by atoms with E-state index in [1.165, 1.54) is 41.6 Å². The van der Waals surface area contributed by atoms with Crippen molar-refractivity contribution in [3.63, 3.8) is 0 Å². The van der Waals surface area contributed by atoms with Gasteiger partial charge in [0.05, 0.1) is 5.69 Å². The maximum absolute atomic E-state index is 12.4. The fraction of sp³-hybridized carbons (Fsp3) is 0.577. The van der Waals surface area contributed by atoms with Gasteiger partial charge in [0, 0.05) is 37.4 Å². The number of hydrogen-bond acceptors (Lipinski definition) is 5. The molecule has 33 heavy (non-hydrogen) atoms. The number of rotatable bonds is 5. The van der Waals surface area contributed by atoms with E-state index in [1.807, 2.05) is 4.90 Å². The Morgan fingerprint density at radius 2 is 1.73 bits per heavy atom. The van der Waals surface area contributed by atoms with Crippen LogP contribution < -0.4 is 20.9 Å². The summed E-state index contributed by atoms with van der Waals surface area (Å²) >= 11 is 0. The van der Waals surface area contributed by atoms with Crippen LogP contribution in [-0.2, 0) is 25.7 Å². The number of carbonyl (C=O) groups excluding carboxylic acids is 1. The molecule has 1 saturated carbocycles. The van der Waals surface area contributed by atoms with Gasteiger partial charge in [-0.15, -0.1) is 0 Å². The standard InChI is InChI=1S/C26H36N6O/c1-31(2)24-22-8-3-4-9-23(22)29-26(30-24)28-19-11-14-20(15-12-19)32(25(27)33)21-13-10-17-6-5-7-18(17)16-21/h10,13,16,19-20H,3-9,11-12,14-15H2,1-2H3,(H2,27,33)(H,28,29,30). The van der Waals surface area contributed by atoms with E-state index in [-0.39, 0.29) is 12.1 Å². The van der Waals surface area contributed by atoms with E-state index in [0.717, 1.165) is 68.8 Å². The van der Waals surface area contributed by atoms with Crippen molar-refractivity contribution >= 4 is 23.5 Å². The van der Waals surface area contributed by atoms with Gasteiger partial charge in [-0.2, -0.15) is 4.98 Å². The molecule has 0 aliphatic heterocycles. The highest BCUT2D eigenvalue weighted by atomic mass is 16.2. The summed E-state index contributed by atoms with van der Waals surface area (Å²) < 4.78 is 0. The van der Waals surface area contributed by atoms with Gasteiger partial charge in [-0.3, -0.25) is 4.90 Å². The predicted octanol–water partition coefficient (Wildman–Crippen LogP) is 4.22. The Hall–Kier alpha value is -2.83. The number of aryl methyl sites for hydroxylation is 3. The third kappa shape index (κ3) is 4.50. The van der Waals surface area contributed by atoms with Gasteiger partial charge in [-0.25, -0.2) is 9.78 Å². The summed E-state index contributed by atoms with van der Waals surface area (Å²) in [5, 5.41) is 3.61. The molecule has 0 saturated heterocycles. The van der Waals surface area contributed by atoms with Crippen LogP contribution in [0.2, 0.25) is 0 Å². The number of nitrogens with zero attached hydrogens (tertiary/aromatic N) is 4. The molecule has 1 fully saturated rings. The van der Waals surface area contributed by atoms with Crippen LogP contribution in [0.15, 0.2) is 18.2 Å². The van der Waals surface area contributed by atoms with Crippen LogP contribution in [0.5, 0.6) is 0 Å². The van der Waals surface area contributed by atoms with Crippen molar-refractivity contribution in [2.75, 3.05) is 29.2 Å². The second-order valence-electron chi connectivity index (χ2n) is 10.1. The molecule has 7 nitrogen and oxygen atoms in total. The largest absolute Gasteiger partial charge is 0.362 e. The minimum Gasteiger partial charge on any atom is -0.362 e. The number of nitrogens with two attached hydrogens (primary N) is 1. The highest BCUT2D eigenvalue weighted by Gasteiger charge is 2.30. The van der Waals surface area contributed by atoms with Crippen LogP contribution in [0.3, 0.4) is 0 Å². The summed E-state index contributed by atoms with van der Waals surface area (Å²) in [5.41, 5.74) is 12.1. The van der Waals surface area contributed by atoms with Crippen molar-refractivity contribution < 1.29 is 4.79 Å². The van der Waals surface area contributed by atoms with E-state index in [1.54, 1.807) is 0 Å². The number of nitrogens with one attached hydrogen (secondary N) is 1. The van der Waals surface area contributed by atoms with Crippen LogP contribution in [-0.4, -0.2) is 42.2 Å². The van der Waals surface area contributed by atoms with Crippen LogP contribution in [0, 0.1) is 0 Å². The van der Waals surface area contributed by atoms with E-state index < -0.39 is 0 Å². The van der Waals surface area contributed by atoms with Crippen LogP contribution in [0.25, 0.3) is 0 Å². The smallest absolute Gasteiger partial charge is 0.319 e. The molecular formula is C26H36N6O. The Labute approximate surface area is 196 Å². The van der Waals surface area contributed by atoms with Crippen LogP contribution in [0.4, 0.5) is 22.2 Å². The molecule has 0 atom stereocenters. The molecule has 0 unspecified atom stereocenters. The molecule has 2 aromatic rings. The zero-order valence-electron chi connectivity index (χ0n) is 19.9. The Balaban J connectivity index is 1.27. The van der Waals surface area contributed by atoms with E-state index in [2.05, 4.69) is 42.5 Å². The normalized spacial score (nSPS) is 21.8. The van der Waals surface area contributed by atoms with Crippen LogP contribution >= 0.6 is 0 Å². The Bertz CT molecular complexity index is 1030.